The first kappa shape index (κ1) is 22.5. The van der Waals surface area contributed by atoms with E-state index in [4.69, 9.17) is 10.5 Å². The number of para-hydroxylation sites is 1. The minimum atomic E-state index is -4.91. The predicted octanol–water partition coefficient (Wildman–Crippen LogP) is 3.79. The molecule has 0 aliphatic heterocycles. The smallest absolute Gasteiger partial charge is 0.431 e. The lowest BCUT2D eigenvalue weighted by Gasteiger charge is -2.15. The molecule has 0 unspecified atom stereocenters. The molecule has 2 aromatic carbocycles. The van der Waals surface area contributed by atoms with E-state index in [9.17, 15) is 37.3 Å². The molecule has 0 saturated carbocycles. The number of nitro benzene ring substituents is 1. The Bertz CT molecular complexity index is 1270. The van der Waals surface area contributed by atoms with Gasteiger partial charge in [-0.05, 0) is 23.8 Å². The summed E-state index contributed by atoms with van der Waals surface area (Å²) in [6, 6.07) is 9.19. The Morgan fingerprint density at radius 3 is 2.44 bits per heavy atom. The first-order valence-corrected chi connectivity index (χ1v) is 8.78. The van der Waals surface area contributed by atoms with Crippen molar-refractivity contribution < 1.29 is 32.0 Å². The molecule has 0 aliphatic rings. The fourth-order valence-electron chi connectivity index (χ4n) is 2.93. The summed E-state index contributed by atoms with van der Waals surface area (Å²) in [6.07, 6.45) is -4.91. The number of primary amides is 1. The van der Waals surface area contributed by atoms with Gasteiger partial charge in [0, 0.05) is 17.2 Å². The monoisotopic (exact) mass is 451 g/mol. The van der Waals surface area contributed by atoms with E-state index in [0.717, 1.165) is 12.1 Å². The van der Waals surface area contributed by atoms with E-state index in [0.29, 0.717) is 6.07 Å². The number of hydrogen-bond donors (Lipinski definition) is 2. The number of nitrogens with two attached hydrogens (primary N) is 1. The predicted molar refractivity (Wildman–Crippen MR) is 103 cm³/mol. The average molecular weight is 451 g/mol. The van der Waals surface area contributed by atoms with Crippen molar-refractivity contribution in [2.45, 2.75) is 12.8 Å². The zero-order valence-corrected chi connectivity index (χ0v) is 15.9. The molecule has 1 amide bonds. The Balaban J connectivity index is 2.07. The van der Waals surface area contributed by atoms with Gasteiger partial charge in [0.05, 0.1) is 4.92 Å². The maximum atomic E-state index is 13.5. The molecule has 0 saturated heterocycles. The number of nitrogens with one attached hydrogen (secondary N) is 1. The number of rotatable bonds is 6. The molecular weight excluding hydrogens is 438 g/mol. The molecule has 0 atom stereocenters. The molecule has 0 fully saturated rings. The summed E-state index contributed by atoms with van der Waals surface area (Å²) in [6.45, 7) is -0.320. The van der Waals surface area contributed by atoms with Gasteiger partial charge in [0.15, 0.2) is 0 Å². The van der Waals surface area contributed by atoms with Crippen molar-refractivity contribution >= 4 is 11.6 Å². The van der Waals surface area contributed by atoms with Gasteiger partial charge in [-0.25, -0.2) is 0 Å². The first-order valence-electron chi connectivity index (χ1n) is 8.78. The second-order valence-corrected chi connectivity index (χ2v) is 6.49. The van der Waals surface area contributed by atoms with Crippen LogP contribution in [0.5, 0.6) is 5.75 Å². The quantitative estimate of drug-likeness (QED) is 0.335. The van der Waals surface area contributed by atoms with Gasteiger partial charge >= 0.3 is 11.9 Å². The number of alkyl halides is 3. The van der Waals surface area contributed by atoms with Gasteiger partial charge in [0.2, 0.25) is 5.82 Å². The summed E-state index contributed by atoms with van der Waals surface area (Å²) in [4.78, 5) is 35.5. The number of nitro groups is 1. The molecule has 3 aromatic rings. The molecular formula is C20H13F4N3O5. The number of carbonyl (C=O) groups excluding carboxylic acids is 1. The van der Waals surface area contributed by atoms with Crippen LogP contribution in [-0.4, -0.2) is 15.8 Å². The van der Waals surface area contributed by atoms with Crippen LogP contribution in [0.3, 0.4) is 0 Å². The van der Waals surface area contributed by atoms with E-state index >= 15 is 0 Å². The van der Waals surface area contributed by atoms with Crippen LogP contribution in [0.2, 0.25) is 0 Å². The minimum Gasteiger partial charge on any atom is -0.488 e. The molecule has 8 nitrogen and oxygen atoms in total. The van der Waals surface area contributed by atoms with E-state index < -0.39 is 50.9 Å². The molecule has 0 aliphatic carbocycles. The van der Waals surface area contributed by atoms with Gasteiger partial charge < -0.3 is 15.5 Å². The van der Waals surface area contributed by atoms with Crippen molar-refractivity contribution in [1.82, 2.24) is 4.98 Å². The SMILES string of the molecule is NC(=O)c1c(-c2ccccc2OCc2ccc(F)c([N+](=O)[O-])c2)cc(C(F)(F)F)[nH]c1=O. The van der Waals surface area contributed by atoms with E-state index in [1.54, 1.807) is 4.98 Å². The zero-order valence-electron chi connectivity index (χ0n) is 15.9. The standard InChI is InChI=1S/C20H13F4N3O5/c21-13-6-5-10(7-14(13)27(30)31)9-32-15-4-2-1-3-11(15)12-8-16(20(22,23)24)26-19(29)17(12)18(25)28/h1-8H,9H2,(H2,25,28)(H,26,29). The molecule has 32 heavy (non-hydrogen) atoms. The highest BCUT2D eigenvalue weighted by Crippen LogP contribution is 2.35. The van der Waals surface area contributed by atoms with Crippen LogP contribution in [0.15, 0.2) is 53.3 Å². The highest BCUT2D eigenvalue weighted by Gasteiger charge is 2.34. The number of nitrogens with zero attached hydrogens (tertiary/aromatic N) is 1. The lowest BCUT2D eigenvalue weighted by Crippen LogP contribution is -2.27. The normalized spacial score (nSPS) is 11.2. The van der Waals surface area contributed by atoms with Crippen LogP contribution in [0.25, 0.3) is 11.1 Å². The molecule has 0 bridgehead atoms. The van der Waals surface area contributed by atoms with E-state index in [1.807, 2.05) is 0 Å². The summed E-state index contributed by atoms with van der Waals surface area (Å²) in [7, 11) is 0. The fraction of sp³-hybridized carbons (Fsp3) is 0.100. The summed E-state index contributed by atoms with van der Waals surface area (Å²) >= 11 is 0. The van der Waals surface area contributed by atoms with E-state index in [-0.39, 0.29) is 23.5 Å². The number of aromatic nitrogens is 1. The number of carbonyl (C=O) groups is 1. The van der Waals surface area contributed by atoms with Crippen molar-refractivity contribution in [3.05, 3.63) is 91.6 Å². The van der Waals surface area contributed by atoms with Crippen molar-refractivity contribution in [3.8, 4) is 16.9 Å². The number of ether oxygens (including phenoxy) is 1. The van der Waals surface area contributed by atoms with Gasteiger partial charge in [-0.1, -0.05) is 24.3 Å². The highest BCUT2D eigenvalue weighted by molar-refractivity contribution is 6.00. The third-order valence-corrected chi connectivity index (χ3v) is 4.36. The average Bonchev–Trinajstić information content (AvgIpc) is 2.71. The van der Waals surface area contributed by atoms with Crippen molar-refractivity contribution in [2.24, 2.45) is 5.73 Å². The second kappa shape index (κ2) is 8.49. The molecule has 3 N–H and O–H groups in total. The fourth-order valence-corrected chi connectivity index (χ4v) is 2.93. The number of benzene rings is 2. The molecule has 12 heteroatoms. The number of aromatic amines is 1. The Morgan fingerprint density at radius 1 is 1.12 bits per heavy atom. The van der Waals surface area contributed by atoms with Gasteiger partial charge in [0.1, 0.15) is 23.6 Å². The maximum absolute atomic E-state index is 13.5. The topological polar surface area (TPSA) is 128 Å². The first-order chi connectivity index (χ1) is 15.0. The van der Waals surface area contributed by atoms with Crippen LogP contribution >= 0.6 is 0 Å². The van der Waals surface area contributed by atoms with Crippen LogP contribution in [0.4, 0.5) is 23.2 Å². The molecule has 3 rings (SSSR count). The Labute approximate surface area is 176 Å². The van der Waals surface area contributed by atoms with Gasteiger partial charge in [-0.3, -0.25) is 19.7 Å². The maximum Gasteiger partial charge on any atom is 0.431 e. The van der Waals surface area contributed by atoms with Crippen molar-refractivity contribution in [2.75, 3.05) is 0 Å². The van der Waals surface area contributed by atoms with Crippen molar-refractivity contribution in [1.29, 1.82) is 0 Å². The Morgan fingerprint density at radius 2 is 1.81 bits per heavy atom. The third kappa shape index (κ3) is 4.58. The number of amides is 1. The zero-order chi connectivity index (χ0) is 23.6. The largest absolute Gasteiger partial charge is 0.488 e. The number of H-pyrrole nitrogens is 1. The van der Waals surface area contributed by atoms with Crippen LogP contribution in [0.1, 0.15) is 21.6 Å². The summed E-state index contributed by atoms with van der Waals surface area (Å²) in [5, 5.41) is 10.9. The lowest BCUT2D eigenvalue weighted by atomic mass is 9.98. The summed E-state index contributed by atoms with van der Waals surface area (Å²) in [5.41, 5.74) is 0.745. The van der Waals surface area contributed by atoms with E-state index in [1.165, 1.54) is 30.3 Å². The van der Waals surface area contributed by atoms with Crippen molar-refractivity contribution in [3.63, 3.8) is 0 Å². The Kier molecular flexibility index (Phi) is 5.96. The van der Waals surface area contributed by atoms with Gasteiger partial charge in [-0.15, -0.1) is 0 Å². The van der Waals surface area contributed by atoms with Crippen LogP contribution in [-0.2, 0) is 12.8 Å². The van der Waals surface area contributed by atoms with Gasteiger partial charge in [0.25, 0.3) is 11.5 Å². The summed E-state index contributed by atoms with van der Waals surface area (Å²) < 4.78 is 58.7. The molecule has 1 aromatic heterocycles. The second-order valence-electron chi connectivity index (χ2n) is 6.49. The van der Waals surface area contributed by atoms with Crippen LogP contribution in [0, 0.1) is 15.9 Å². The molecule has 0 radical (unpaired) electrons. The Hall–Kier alpha value is -4.22. The highest BCUT2D eigenvalue weighted by atomic mass is 19.4. The number of halogens is 4. The number of pyridine rings is 1. The molecule has 166 valence electrons. The molecule has 1 heterocycles. The van der Waals surface area contributed by atoms with Crippen LogP contribution < -0.4 is 16.0 Å². The van der Waals surface area contributed by atoms with Gasteiger partial charge in [-0.2, -0.15) is 17.6 Å². The van der Waals surface area contributed by atoms with E-state index in [2.05, 4.69) is 0 Å². The minimum absolute atomic E-state index is 0.0410. The molecule has 0 spiro atoms. The lowest BCUT2D eigenvalue weighted by molar-refractivity contribution is -0.387. The third-order valence-electron chi connectivity index (χ3n) is 4.36. The number of hydrogen-bond acceptors (Lipinski definition) is 5. The summed E-state index contributed by atoms with van der Waals surface area (Å²) in [5.74, 6) is -2.34.